The number of carbonyl (C=O) groups excluding carboxylic acids is 1. The van der Waals surface area contributed by atoms with Crippen molar-refractivity contribution in [3.63, 3.8) is 0 Å². The molecule has 34 heavy (non-hydrogen) atoms. The quantitative estimate of drug-likeness (QED) is 0.418. The lowest BCUT2D eigenvalue weighted by Crippen LogP contribution is -2.33. The maximum Gasteiger partial charge on any atom is 0.261 e. The van der Waals surface area contributed by atoms with E-state index in [1.165, 1.54) is 37.5 Å². The number of H-pyrrole nitrogens is 1. The molecule has 0 spiro atoms. The van der Waals surface area contributed by atoms with E-state index in [4.69, 9.17) is 0 Å². The van der Waals surface area contributed by atoms with E-state index in [9.17, 15) is 19.1 Å². The molecule has 0 aliphatic heterocycles. The van der Waals surface area contributed by atoms with E-state index in [1.54, 1.807) is 19.2 Å². The van der Waals surface area contributed by atoms with Gasteiger partial charge in [-0.05, 0) is 55.3 Å². The molecule has 4 rings (SSSR count). The van der Waals surface area contributed by atoms with Gasteiger partial charge in [0, 0.05) is 30.7 Å². The second kappa shape index (κ2) is 10.4. The number of aliphatic hydroxyl groups excluding tert-OH is 1. The van der Waals surface area contributed by atoms with E-state index >= 15 is 0 Å². The third-order valence-electron chi connectivity index (χ3n) is 6.65. The molecular weight excluding hydrogens is 435 g/mol. The van der Waals surface area contributed by atoms with Crippen LogP contribution in [0.1, 0.15) is 53.6 Å². The molecule has 0 atom stereocenters. The minimum atomic E-state index is -0.572. The number of nitrogens with one attached hydrogen (secondary N) is 3. The van der Waals surface area contributed by atoms with Crippen LogP contribution in [-0.2, 0) is 13.2 Å². The minimum Gasteiger partial charge on any atom is -0.392 e. The molecule has 3 aromatic rings. The Kier molecular flexibility index (Phi) is 7.29. The van der Waals surface area contributed by atoms with Crippen LogP contribution in [0.25, 0.3) is 10.9 Å². The summed E-state index contributed by atoms with van der Waals surface area (Å²) in [6.45, 7) is 0.511. The van der Waals surface area contributed by atoms with Crippen molar-refractivity contribution >= 4 is 28.2 Å². The average molecular weight is 467 g/mol. The lowest BCUT2D eigenvalue weighted by Gasteiger charge is -2.31. The molecule has 7 nitrogen and oxygen atoms in total. The van der Waals surface area contributed by atoms with Crippen LogP contribution in [0.4, 0.5) is 15.8 Å². The average Bonchev–Trinajstić information content (AvgIpc) is 2.84. The first-order valence-electron chi connectivity index (χ1n) is 11.7. The van der Waals surface area contributed by atoms with Gasteiger partial charge in [-0.15, -0.1) is 0 Å². The van der Waals surface area contributed by atoms with Gasteiger partial charge in [-0.1, -0.05) is 31.4 Å². The van der Waals surface area contributed by atoms with Crippen molar-refractivity contribution < 1.29 is 14.3 Å². The summed E-state index contributed by atoms with van der Waals surface area (Å²) < 4.78 is 14.0. The second-order valence-electron chi connectivity index (χ2n) is 8.99. The van der Waals surface area contributed by atoms with Crippen LogP contribution in [0, 0.1) is 5.82 Å². The lowest BCUT2D eigenvalue weighted by atomic mass is 9.94. The number of benzene rings is 2. The highest BCUT2D eigenvalue weighted by Crippen LogP contribution is 2.27. The summed E-state index contributed by atoms with van der Waals surface area (Å²) in [5, 5.41) is 15.7. The van der Waals surface area contributed by atoms with E-state index in [0.29, 0.717) is 34.9 Å². The Hall–Kier alpha value is -3.23. The maximum absolute atomic E-state index is 14.0. The Labute approximate surface area is 198 Å². The molecule has 1 fully saturated rings. The van der Waals surface area contributed by atoms with Gasteiger partial charge in [0.15, 0.2) is 0 Å². The van der Waals surface area contributed by atoms with E-state index in [0.717, 1.165) is 24.0 Å². The van der Waals surface area contributed by atoms with Crippen molar-refractivity contribution in [2.24, 2.45) is 0 Å². The van der Waals surface area contributed by atoms with Crippen molar-refractivity contribution in [3.8, 4) is 0 Å². The Morgan fingerprint density at radius 2 is 1.91 bits per heavy atom. The predicted octanol–water partition coefficient (Wildman–Crippen LogP) is 4.22. The predicted molar refractivity (Wildman–Crippen MR) is 133 cm³/mol. The molecule has 1 saturated carbocycles. The largest absolute Gasteiger partial charge is 0.392 e. The van der Waals surface area contributed by atoms with E-state index in [-0.39, 0.29) is 12.2 Å². The van der Waals surface area contributed by atoms with Crippen molar-refractivity contribution in [2.75, 3.05) is 24.7 Å². The fourth-order valence-electron chi connectivity index (χ4n) is 4.76. The van der Waals surface area contributed by atoms with Crippen LogP contribution in [0.5, 0.6) is 0 Å². The topological polar surface area (TPSA) is 97.5 Å². The smallest absolute Gasteiger partial charge is 0.261 e. The van der Waals surface area contributed by atoms with Gasteiger partial charge in [0.1, 0.15) is 11.4 Å². The first-order valence-corrected chi connectivity index (χ1v) is 11.7. The fourth-order valence-corrected chi connectivity index (χ4v) is 4.76. The Balaban J connectivity index is 1.63. The zero-order valence-electron chi connectivity index (χ0n) is 19.6. The van der Waals surface area contributed by atoms with Crippen molar-refractivity contribution in [1.29, 1.82) is 0 Å². The number of aromatic nitrogens is 1. The molecule has 4 N–H and O–H groups in total. The highest BCUT2D eigenvalue weighted by atomic mass is 19.1. The Bertz CT molecular complexity index is 1250. The number of anilines is 2. The number of aromatic amines is 1. The number of aliphatic hydroxyl groups is 1. The first kappa shape index (κ1) is 23.9. The van der Waals surface area contributed by atoms with Crippen LogP contribution in [0.2, 0.25) is 0 Å². The molecule has 1 aliphatic carbocycles. The molecule has 0 unspecified atom stereocenters. The van der Waals surface area contributed by atoms with Gasteiger partial charge in [-0.3, -0.25) is 14.5 Å². The first-order chi connectivity index (χ1) is 16.4. The summed E-state index contributed by atoms with van der Waals surface area (Å²) in [5.74, 6) is -1.04. The second-order valence-corrected chi connectivity index (χ2v) is 8.99. The Morgan fingerprint density at radius 1 is 1.15 bits per heavy atom. The van der Waals surface area contributed by atoms with Crippen LogP contribution < -0.4 is 16.2 Å². The molecular formula is C26H31FN4O3. The standard InChI is InChI=1S/C26H31FN4O3/c1-28-23-13-19(27)11-17-12-21(26(34)30-24(17)23)25(33)29-22-9-8-16(15-32)10-18(22)14-31(2)20-6-4-3-5-7-20/h8-13,20,28,32H,3-7,14-15H2,1-2H3,(H,29,33)(H,30,34). The van der Waals surface area contributed by atoms with Crippen LogP contribution >= 0.6 is 0 Å². The van der Waals surface area contributed by atoms with Gasteiger partial charge in [-0.2, -0.15) is 0 Å². The van der Waals surface area contributed by atoms with E-state index in [2.05, 4.69) is 27.6 Å². The lowest BCUT2D eigenvalue weighted by molar-refractivity contribution is 0.102. The number of carbonyl (C=O) groups is 1. The van der Waals surface area contributed by atoms with Crippen molar-refractivity contribution in [2.45, 2.75) is 51.3 Å². The zero-order chi connectivity index (χ0) is 24.2. The van der Waals surface area contributed by atoms with Gasteiger partial charge in [-0.25, -0.2) is 4.39 Å². The van der Waals surface area contributed by atoms with Crippen LogP contribution in [-0.4, -0.2) is 41.0 Å². The molecule has 0 bridgehead atoms. The monoisotopic (exact) mass is 466 g/mol. The summed E-state index contributed by atoms with van der Waals surface area (Å²) in [4.78, 5) is 30.8. The zero-order valence-corrected chi connectivity index (χ0v) is 19.6. The number of fused-ring (bicyclic) bond motifs is 1. The molecule has 0 radical (unpaired) electrons. The highest BCUT2D eigenvalue weighted by Gasteiger charge is 2.20. The molecule has 1 aliphatic rings. The minimum absolute atomic E-state index is 0.0991. The number of amides is 1. The summed E-state index contributed by atoms with van der Waals surface area (Å²) in [6.07, 6.45) is 6.00. The third kappa shape index (κ3) is 5.13. The molecule has 1 amide bonds. The summed E-state index contributed by atoms with van der Waals surface area (Å²) in [7, 11) is 3.71. The maximum atomic E-state index is 14.0. The van der Waals surface area contributed by atoms with Crippen LogP contribution in [0.15, 0.2) is 41.2 Å². The van der Waals surface area contributed by atoms with Gasteiger partial charge in [0.25, 0.3) is 11.5 Å². The SMILES string of the molecule is CNc1cc(F)cc2cc(C(=O)Nc3ccc(CO)cc3CN(C)C3CCCCC3)c(=O)[nH]c12. The number of halogens is 1. The van der Waals surface area contributed by atoms with Crippen molar-refractivity contribution in [3.05, 3.63) is 69.3 Å². The molecule has 2 aromatic carbocycles. The molecule has 1 heterocycles. The summed E-state index contributed by atoms with van der Waals surface area (Å²) in [5.41, 5.74) is 2.43. The number of nitrogens with zero attached hydrogens (tertiary/aromatic N) is 1. The van der Waals surface area contributed by atoms with E-state index in [1.807, 2.05) is 6.07 Å². The molecule has 1 aromatic heterocycles. The third-order valence-corrected chi connectivity index (χ3v) is 6.65. The number of hydrogen-bond acceptors (Lipinski definition) is 5. The summed E-state index contributed by atoms with van der Waals surface area (Å²) >= 11 is 0. The molecule has 8 heteroatoms. The normalized spacial score (nSPS) is 14.5. The van der Waals surface area contributed by atoms with Gasteiger partial charge in [0.05, 0.1) is 17.8 Å². The number of hydrogen-bond donors (Lipinski definition) is 4. The van der Waals surface area contributed by atoms with Gasteiger partial charge >= 0.3 is 0 Å². The van der Waals surface area contributed by atoms with Gasteiger partial charge < -0.3 is 20.7 Å². The Morgan fingerprint density at radius 3 is 2.62 bits per heavy atom. The summed E-state index contributed by atoms with van der Waals surface area (Å²) in [6, 6.07) is 9.84. The molecule has 0 saturated heterocycles. The van der Waals surface area contributed by atoms with E-state index < -0.39 is 17.3 Å². The van der Waals surface area contributed by atoms with Crippen LogP contribution in [0.3, 0.4) is 0 Å². The number of pyridine rings is 1. The number of rotatable bonds is 7. The highest BCUT2D eigenvalue weighted by molar-refractivity contribution is 6.06. The van der Waals surface area contributed by atoms with Crippen molar-refractivity contribution in [1.82, 2.24) is 9.88 Å². The molecule has 180 valence electrons. The van der Waals surface area contributed by atoms with Gasteiger partial charge in [0.2, 0.25) is 0 Å². The fraction of sp³-hybridized carbons (Fsp3) is 0.385.